The summed E-state index contributed by atoms with van der Waals surface area (Å²) in [4.78, 5) is 13.1. The minimum absolute atomic E-state index is 0.00565. The standard InChI is InChI=1S/C12H15NO2/c1-9-12(10-6-4-3-5-7-10)15-8-11(14)13(9)2/h3-7,9,12H,8H2,1-2H3. The Morgan fingerprint density at radius 3 is 2.67 bits per heavy atom. The van der Waals surface area contributed by atoms with Gasteiger partial charge >= 0.3 is 0 Å². The molecule has 1 saturated heterocycles. The van der Waals surface area contributed by atoms with Crippen LogP contribution in [0.5, 0.6) is 0 Å². The molecule has 1 aliphatic heterocycles. The zero-order valence-corrected chi connectivity index (χ0v) is 9.01. The van der Waals surface area contributed by atoms with Gasteiger partial charge in [0.1, 0.15) is 12.7 Å². The van der Waals surface area contributed by atoms with Gasteiger partial charge in [-0.15, -0.1) is 0 Å². The Morgan fingerprint density at radius 1 is 1.33 bits per heavy atom. The van der Waals surface area contributed by atoms with Crippen molar-refractivity contribution < 1.29 is 9.53 Å². The minimum Gasteiger partial charge on any atom is -0.362 e. The molecule has 1 heterocycles. The second kappa shape index (κ2) is 4.03. The molecule has 0 bridgehead atoms. The zero-order valence-electron chi connectivity index (χ0n) is 9.01. The first-order valence-corrected chi connectivity index (χ1v) is 5.12. The van der Waals surface area contributed by atoms with Crippen LogP contribution >= 0.6 is 0 Å². The molecule has 1 aromatic rings. The zero-order chi connectivity index (χ0) is 10.8. The van der Waals surface area contributed by atoms with E-state index in [0.29, 0.717) is 0 Å². The van der Waals surface area contributed by atoms with Gasteiger partial charge in [0.15, 0.2) is 0 Å². The summed E-state index contributed by atoms with van der Waals surface area (Å²) in [5, 5.41) is 0. The molecule has 3 nitrogen and oxygen atoms in total. The molecule has 0 N–H and O–H groups in total. The Hall–Kier alpha value is -1.35. The van der Waals surface area contributed by atoms with Crippen LogP contribution in [0.1, 0.15) is 18.6 Å². The fourth-order valence-electron chi connectivity index (χ4n) is 1.85. The number of morpholine rings is 1. The van der Waals surface area contributed by atoms with E-state index in [4.69, 9.17) is 4.74 Å². The Balaban J connectivity index is 2.21. The highest BCUT2D eigenvalue weighted by molar-refractivity contribution is 5.78. The van der Waals surface area contributed by atoms with Crippen molar-refractivity contribution in [2.24, 2.45) is 0 Å². The van der Waals surface area contributed by atoms with E-state index in [1.54, 1.807) is 4.90 Å². The number of likely N-dealkylation sites (N-methyl/N-ethyl adjacent to an activating group) is 1. The molecule has 2 unspecified atom stereocenters. The number of ether oxygens (including phenoxy) is 1. The van der Waals surface area contributed by atoms with Gasteiger partial charge in [-0.3, -0.25) is 4.79 Å². The van der Waals surface area contributed by atoms with E-state index < -0.39 is 0 Å². The first-order valence-electron chi connectivity index (χ1n) is 5.12. The summed E-state index contributed by atoms with van der Waals surface area (Å²) in [6.45, 7) is 2.19. The number of rotatable bonds is 1. The van der Waals surface area contributed by atoms with E-state index in [9.17, 15) is 4.79 Å². The number of benzene rings is 1. The van der Waals surface area contributed by atoms with E-state index in [1.165, 1.54) is 0 Å². The highest BCUT2D eigenvalue weighted by Gasteiger charge is 2.31. The number of hydrogen-bond donors (Lipinski definition) is 0. The summed E-state index contributed by atoms with van der Waals surface area (Å²) in [5.41, 5.74) is 1.13. The number of amides is 1. The summed E-state index contributed by atoms with van der Waals surface area (Å²) in [6, 6.07) is 10.1. The smallest absolute Gasteiger partial charge is 0.248 e. The molecule has 2 atom stereocenters. The molecule has 1 amide bonds. The van der Waals surface area contributed by atoms with Crippen LogP contribution in [0, 0.1) is 0 Å². The van der Waals surface area contributed by atoms with Gasteiger partial charge in [-0.25, -0.2) is 0 Å². The molecule has 2 rings (SSSR count). The Morgan fingerprint density at radius 2 is 2.00 bits per heavy atom. The van der Waals surface area contributed by atoms with Crippen LogP contribution in [-0.2, 0) is 9.53 Å². The number of carbonyl (C=O) groups is 1. The normalized spacial score (nSPS) is 26.8. The average Bonchev–Trinajstić information content (AvgIpc) is 2.27. The molecule has 1 aromatic carbocycles. The first-order chi connectivity index (χ1) is 7.20. The lowest BCUT2D eigenvalue weighted by molar-refractivity contribution is -0.153. The van der Waals surface area contributed by atoms with Gasteiger partial charge < -0.3 is 9.64 Å². The summed E-state index contributed by atoms with van der Waals surface area (Å²) in [7, 11) is 1.82. The number of carbonyl (C=O) groups excluding carboxylic acids is 1. The minimum atomic E-state index is -0.00565. The van der Waals surface area contributed by atoms with Crippen LogP contribution in [0.4, 0.5) is 0 Å². The van der Waals surface area contributed by atoms with E-state index in [2.05, 4.69) is 0 Å². The molecule has 0 saturated carbocycles. The summed E-state index contributed by atoms with van der Waals surface area (Å²) in [5.74, 6) is 0.0506. The maximum atomic E-state index is 11.4. The van der Waals surface area contributed by atoms with Crippen LogP contribution in [0.25, 0.3) is 0 Å². The quantitative estimate of drug-likeness (QED) is 0.697. The van der Waals surface area contributed by atoms with Crippen molar-refractivity contribution in [3.8, 4) is 0 Å². The molecule has 3 heteroatoms. The summed E-state index contributed by atoms with van der Waals surface area (Å²) >= 11 is 0. The predicted octanol–water partition coefficient (Wildman–Crippen LogP) is 1.60. The fraction of sp³-hybridized carbons (Fsp3) is 0.417. The molecular formula is C12H15NO2. The maximum Gasteiger partial charge on any atom is 0.248 e. The highest BCUT2D eigenvalue weighted by atomic mass is 16.5. The predicted molar refractivity (Wildman–Crippen MR) is 57.4 cm³/mol. The molecule has 0 spiro atoms. The van der Waals surface area contributed by atoms with E-state index >= 15 is 0 Å². The highest BCUT2D eigenvalue weighted by Crippen LogP contribution is 2.27. The molecule has 0 aromatic heterocycles. The SMILES string of the molecule is CC1C(c2ccccc2)OCC(=O)N1C. The third-order valence-corrected chi connectivity index (χ3v) is 2.96. The topological polar surface area (TPSA) is 29.5 Å². The van der Waals surface area contributed by atoms with Crippen LogP contribution in [0.3, 0.4) is 0 Å². The van der Waals surface area contributed by atoms with Gasteiger partial charge in [-0.1, -0.05) is 30.3 Å². The maximum absolute atomic E-state index is 11.4. The van der Waals surface area contributed by atoms with Crippen LogP contribution in [0.15, 0.2) is 30.3 Å². The molecule has 0 aliphatic carbocycles. The summed E-state index contributed by atoms with van der Waals surface area (Å²) < 4.78 is 5.57. The van der Waals surface area contributed by atoms with Gasteiger partial charge in [0.2, 0.25) is 5.91 Å². The first kappa shape index (κ1) is 10.2. The monoisotopic (exact) mass is 205 g/mol. The van der Waals surface area contributed by atoms with Crippen molar-refractivity contribution in [1.29, 1.82) is 0 Å². The molecular weight excluding hydrogens is 190 g/mol. The Labute approximate surface area is 89.7 Å². The summed E-state index contributed by atoms with van der Waals surface area (Å²) in [6.07, 6.45) is -0.00565. The Kier molecular flexibility index (Phi) is 2.73. The third-order valence-electron chi connectivity index (χ3n) is 2.96. The van der Waals surface area contributed by atoms with Gasteiger partial charge in [-0.05, 0) is 12.5 Å². The molecule has 1 aliphatic rings. The van der Waals surface area contributed by atoms with Crippen molar-refractivity contribution in [3.63, 3.8) is 0 Å². The number of hydrogen-bond acceptors (Lipinski definition) is 2. The van der Waals surface area contributed by atoms with E-state index in [1.807, 2.05) is 44.3 Å². The second-order valence-corrected chi connectivity index (χ2v) is 3.89. The van der Waals surface area contributed by atoms with Crippen LogP contribution in [0.2, 0.25) is 0 Å². The lowest BCUT2D eigenvalue weighted by Gasteiger charge is -2.36. The van der Waals surface area contributed by atoms with Gasteiger partial charge in [0.25, 0.3) is 0 Å². The van der Waals surface area contributed by atoms with Crippen molar-refractivity contribution in [2.45, 2.75) is 19.1 Å². The Bertz CT molecular complexity index is 350. The van der Waals surface area contributed by atoms with Crippen molar-refractivity contribution in [3.05, 3.63) is 35.9 Å². The second-order valence-electron chi connectivity index (χ2n) is 3.89. The van der Waals surface area contributed by atoms with Crippen molar-refractivity contribution >= 4 is 5.91 Å². The average molecular weight is 205 g/mol. The third kappa shape index (κ3) is 1.88. The van der Waals surface area contributed by atoms with Gasteiger partial charge in [0, 0.05) is 7.05 Å². The van der Waals surface area contributed by atoms with Crippen molar-refractivity contribution in [1.82, 2.24) is 4.90 Å². The van der Waals surface area contributed by atoms with E-state index in [-0.39, 0.29) is 24.7 Å². The van der Waals surface area contributed by atoms with Gasteiger partial charge in [0.05, 0.1) is 6.04 Å². The fourth-order valence-corrected chi connectivity index (χ4v) is 1.85. The lowest BCUT2D eigenvalue weighted by Crippen LogP contribution is -2.46. The van der Waals surface area contributed by atoms with Crippen LogP contribution in [-0.4, -0.2) is 30.5 Å². The molecule has 15 heavy (non-hydrogen) atoms. The number of nitrogens with zero attached hydrogens (tertiary/aromatic N) is 1. The molecule has 1 fully saturated rings. The van der Waals surface area contributed by atoms with Crippen LogP contribution < -0.4 is 0 Å². The largest absolute Gasteiger partial charge is 0.362 e. The molecule has 0 radical (unpaired) electrons. The lowest BCUT2D eigenvalue weighted by atomic mass is 10.0. The van der Waals surface area contributed by atoms with E-state index in [0.717, 1.165) is 5.56 Å². The van der Waals surface area contributed by atoms with Crippen molar-refractivity contribution in [2.75, 3.05) is 13.7 Å². The van der Waals surface area contributed by atoms with Gasteiger partial charge in [-0.2, -0.15) is 0 Å². The molecule has 80 valence electrons.